The molecule has 0 spiro atoms. The van der Waals surface area contributed by atoms with Crippen molar-refractivity contribution in [3.8, 4) is 0 Å². The molecule has 9 nitrogen and oxygen atoms in total. The SMILES string of the molecule is CCCc1ncc(F)c(NC2=NCC3=C2CN(C(=O)N2C[C@@H](C)N(CC4CCOCC4)C[C@@H]2C)C3(C)C)n1. The second-order valence-electron chi connectivity index (χ2n) is 11.8. The number of piperazine rings is 1. The van der Waals surface area contributed by atoms with Crippen LogP contribution in [0.5, 0.6) is 0 Å². The molecular formula is C28H42FN7O2. The van der Waals surface area contributed by atoms with Crippen molar-refractivity contribution in [2.45, 2.75) is 77.9 Å². The molecule has 38 heavy (non-hydrogen) atoms. The molecule has 2 fully saturated rings. The lowest BCUT2D eigenvalue weighted by Gasteiger charge is -2.48. The molecule has 0 saturated carbocycles. The fraction of sp³-hybridized carbons (Fsp3) is 0.714. The van der Waals surface area contributed by atoms with E-state index in [0.717, 1.165) is 56.7 Å². The molecule has 5 rings (SSSR count). The van der Waals surface area contributed by atoms with Crippen LogP contribution >= 0.6 is 0 Å². The Labute approximate surface area is 225 Å². The predicted molar refractivity (Wildman–Crippen MR) is 146 cm³/mol. The lowest BCUT2D eigenvalue weighted by Crippen LogP contribution is -2.63. The third-order valence-corrected chi connectivity index (χ3v) is 8.70. The number of hydrogen-bond acceptors (Lipinski definition) is 7. The van der Waals surface area contributed by atoms with E-state index in [1.165, 1.54) is 6.20 Å². The Morgan fingerprint density at radius 3 is 2.71 bits per heavy atom. The normalized spacial score (nSPS) is 26.1. The number of halogens is 1. The summed E-state index contributed by atoms with van der Waals surface area (Å²) in [5, 5.41) is 3.12. The fourth-order valence-corrected chi connectivity index (χ4v) is 6.25. The summed E-state index contributed by atoms with van der Waals surface area (Å²) >= 11 is 0. The molecule has 0 radical (unpaired) electrons. The zero-order valence-corrected chi connectivity index (χ0v) is 23.5. The van der Waals surface area contributed by atoms with Crippen molar-refractivity contribution in [1.82, 2.24) is 24.7 Å². The first-order chi connectivity index (χ1) is 18.2. The summed E-state index contributed by atoms with van der Waals surface area (Å²) in [7, 11) is 0. The van der Waals surface area contributed by atoms with E-state index >= 15 is 0 Å². The van der Waals surface area contributed by atoms with E-state index < -0.39 is 11.4 Å². The number of nitrogens with zero attached hydrogens (tertiary/aromatic N) is 6. The highest BCUT2D eigenvalue weighted by molar-refractivity contribution is 6.11. The highest BCUT2D eigenvalue weighted by Gasteiger charge is 2.48. The summed E-state index contributed by atoms with van der Waals surface area (Å²) in [6.07, 6.45) is 5.02. The van der Waals surface area contributed by atoms with Gasteiger partial charge in [0.1, 0.15) is 11.7 Å². The third-order valence-electron chi connectivity index (χ3n) is 8.70. The smallest absolute Gasteiger partial charge is 0.321 e. The van der Waals surface area contributed by atoms with E-state index in [4.69, 9.17) is 4.74 Å². The molecule has 2 atom stereocenters. The minimum Gasteiger partial charge on any atom is -0.381 e. The maximum absolute atomic E-state index is 14.5. The minimum absolute atomic E-state index is 0.0623. The molecule has 1 aromatic rings. The van der Waals surface area contributed by atoms with Crippen LogP contribution in [0.25, 0.3) is 0 Å². The summed E-state index contributed by atoms with van der Waals surface area (Å²) in [5.41, 5.74) is 1.60. The van der Waals surface area contributed by atoms with Gasteiger partial charge in [0.2, 0.25) is 0 Å². The number of amidine groups is 1. The Morgan fingerprint density at radius 2 is 1.97 bits per heavy atom. The number of carbonyl (C=O) groups is 1. The highest BCUT2D eigenvalue weighted by atomic mass is 19.1. The van der Waals surface area contributed by atoms with Crippen LogP contribution in [-0.4, -0.2) is 100 Å². The first-order valence-corrected chi connectivity index (χ1v) is 14.1. The number of rotatable bonds is 5. The van der Waals surface area contributed by atoms with E-state index in [9.17, 15) is 9.18 Å². The second kappa shape index (κ2) is 10.9. The van der Waals surface area contributed by atoms with Crippen molar-refractivity contribution < 1.29 is 13.9 Å². The zero-order valence-electron chi connectivity index (χ0n) is 23.5. The molecule has 2 amide bonds. The summed E-state index contributed by atoms with van der Waals surface area (Å²) < 4.78 is 20.1. The Kier molecular flexibility index (Phi) is 7.73. The van der Waals surface area contributed by atoms with Gasteiger partial charge in [-0.2, -0.15) is 0 Å². The summed E-state index contributed by atoms with van der Waals surface area (Å²) in [5.74, 6) is 1.51. The molecule has 4 aliphatic heterocycles. The van der Waals surface area contributed by atoms with Gasteiger partial charge in [0, 0.05) is 56.9 Å². The van der Waals surface area contributed by atoms with Crippen molar-refractivity contribution in [2.75, 3.05) is 51.3 Å². The van der Waals surface area contributed by atoms with Crippen LogP contribution in [0.2, 0.25) is 0 Å². The molecule has 0 bridgehead atoms. The van der Waals surface area contributed by atoms with Crippen LogP contribution in [-0.2, 0) is 11.2 Å². The maximum atomic E-state index is 14.5. The molecule has 5 heterocycles. The number of amides is 2. The molecule has 10 heteroatoms. The minimum atomic E-state index is -0.506. The van der Waals surface area contributed by atoms with Crippen molar-refractivity contribution in [3.05, 3.63) is 29.0 Å². The van der Waals surface area contributed by atoms with Gasteiger partial charge in [0.05, 0.1) is 24.8 Å². The molecule has 1 aromatic heterocycles. The fourth-order valence-electron chi connectivity index (χ4n) is 6.25. The number of hydrogen-bond donors (Lipinski definition) is 1. The molecule has 208 valence electrons. The Hall–Kier alpha value is -2.59. The number of aromatic nitrogens is 2. The van der Waals surface area contributed by atoms with Gasteiger partial charge in [-0.1, -0.05) is 6.92 Å². The standard InChI is InChI=1S/C28H42FN7O2/c1-6-7-24-30-13-23(29)26(32-24)33-25-21-17-36(28(4,5)22(21)12-31-25)27(37)35-15-18(2)34(14-19(35)3)16-20-8-10-38-11-9-20/h13,18-20H,6-12,14-17H2,1-5H3,(H,30,31,32,33)/t18-,19+/m1/s1. The van der Waals surface area contributed by atoms with E-state index in [-0.39, 0.29) is 17.9 Å². The van der Waals surface area contributed by atoms with Gasteiger partial charge in [0.25, 0.3) is 0 Å². The van der Waals surface area contributed by atoms with Crippen molar-refractivity contribution in [2.24, 2.45) is 10.9 Å². The Bertz CT molecular complexity index is 1110. The number of carbonyl (C=O) groups excluding carboxylic acids is 1. The molecule has 0 aromatic carbocycles. The summed E-state index contributed by atoms with van der Waals surface area (Å²) in [6.45, 7) is 15.9. The Morgan fingerprint density at radius 1 is 1.21 bits per heavy atom. The van der Waals surface area contributed by atoms with Gasteiger partial charge < -0.3 is 19.9 Å². The third kappa shape index (κ3) is 5.17. The monoisotopic (exact) mass is 527 g/mol. The topological polar surface area (TPSA) is 86.2 Å². The van der Waals surface area contributed by atoms with Gasteiger partial charge in [-0.15, -0.1) is 0 Å². The molecular weight excluding hydrogens is 485 g/mol. The van der Waals surface area contributed by atoms with Crippen molar-refractivity contribution in [3.63, 3.8) is 0 Å². The quantitative estimate of drug-likeness (QED) is 0.628. The van der Waals surface area contributed by atoms with Crippen LogP contribution in [0, 0.1) is 11.7 Å². The zero-order chi connectivity index (χ0) is 27.0. The summed E-state index contributed by atoms with van der Waals surface area (Å²) in [4.78, 5) is 33.7. The average Bonchev–Trinajstić information content (AvgIpc) is 3.41. The largest absolute Gasteiger partial charge is 0.381 e. The number of aliphatic imine (C=N–C) groups is 1. The van der Waals surface area contributed by atoms with Crippen LogP contribution in [0.1, 0.15) is 59.7 Å². The Balaban J connectivity index is 1.26. The molecule has 0 unspecified atom stereocenters. The second-order valence-corrected chi connectivity index (χ2v) is 11.8. The van der Waals surface area contributed by atoms with Gasteiger partial charge >= 0.3 is 6.03 Å². The van der Waals surface area contributed by atoms with Crippen LogP contribution < -0.4 is 5.32 Å². The average molecular weight is 528 g/mol. The number of nitrogens with one attached hydrogen (secondary N) is 1. The number of aryl methyl sites for hydroxylation is 1. The van der Waals surface area contributed by atoms with Crippen LogP contribution in [0.15, 0.2) is 22.3 Å². The van der Waals surface area contributed by atoms with Crippen LogP contribution in [0.3, 0.4) is 0 Å². The van der Waals surface area contributed by atoms with Crippen LogP contribution in [0.4, 0.5) is 15.0 Å². The van der Waals surface area contributed by atoms with E-state index in [1.54, 1.807) is 0 Å². The van der Waals surface area contributed by atoms with Gasteiger partial charge in [-0.25, -0.2) is 19.2 Å². The van der Waals surface area contributed by atoms with Gasteiger partial charge in [-0.3, -0.25) is 9.89 Å². The number of urea groups is 1. The highest BCUT2D eigenvalue weighted by Crippen LogP contribution is 2.39. The maximum Gasteiger partial charge on any atom is 0.321 e. The lowest BCUT2D eigenvalue weighted by molar-refractivity contribution is 0.0119. The van der Waals surface area contributed by atoms with E-state index in [0.29, 0.717) is 49.7 Å². The summed E-state index contributed by atoms with van der Waals surface area (Å²) in [6, 6.07) is 0.496. The van der Waals surface area contributed by atoms with E-state index in [2.05, 4.69) is 52.9 Å². The lowest BCUT2D eigenvalue weighted by atomic mass is 9.94. The predicted octanol–water partition coefficient (Wildman–Crippen LogP) is 3.72. The molecule has 1 N–H and O–H groups in total. The molecule has 0 aliphatic carbocycles. The van der Waals surface area contributed by atoms with E-state index in [1.807, 2.05) is 16.7 Å². The number of ether oxygens (including phenoxy) is 1. The van der Waals surface area contributed by atoms with Crippen molar-refractivity contribution >= 4 is 17.7 Å². The molecule has 4 aliphatic rings. The van der Waals surface area contributed by atoms with Crippen molar-refractivity contribution in [1.29, 1.82) is 0 Å². The number of anilines is 1. The van der Waals surface area contributed by atoms with Gasteiger partial charge in [0.15, 0.2) is 11.6 Å². The van der Waals surface area contributed by atoms with Gasteiger partial charge in [-0.05, 0) is 58.4 Å². The molecule has 2 saturated heterocycles. The first kappa shape index (κ1) is 27.0. The first-order valence-electron chi connectivity index (χ1n) is 14.1.